The molecule has 0 aromatic heterocycles. The van der Waals surface area contributed by atoms with Gasteiger partial charge in [-0.25, -0.2) is 4.79 Å². The number of carbonyl (C=O) groups is 2. The Balaban J connectivity index is 1.88. The minimum absolute atomic E-state index is 0.168. The molecule has 0 saturated heterocycles. The zero-order valence-corrected chi connectivity index (χ0v) is 22.8. The monoisotopic (exact) mass is 500 g/mol. The quantitative estimate of drug-likeness (QED) is 0.193. The van der Waals surface area contributed by atoms with Crippen molar-refractivity contribution in [2.24, 2.45) is 0 Å². The minimum atomic E-state index is -0.495. The number of hydrogen-bond donors (Lipinski definition) is 1. The SMILES string of the molecule is CC(C)(C)OC(=O)N1CCC=C(C[C@@H]2/C=C\CCCCN2/C=C\C(=O)CCC/C=C\CCCCO)C1. The normalized spacial score (nSPS) is 20.3. The molecular weight excluding hydrogens is 452 g/mol. The Morgan fingerprint density at radius 3 is 2.61 bits per heavy atom. The van der Waals surface area contributed by atoms with E-state index in [0.717, 1.165) is 70.8 Å². The van der Waals surface area contributed by atoms with E-state index in [0.29, 0.717) is 19.5 Å². The Morgan fingerprint density at radius 1 is 1.08 bits per heavy atom. The summed E-state index contributed by atoms with van der Waals surface area (Å²) < 4.78 is 5.58. The van der Waals surface area contributed by atoms with Crippen molar-refractivity contribution in [3.63, 3.8) is 0 Å². The fourth-order valence-corrected chi connectivity index (χ4v) is 4.43. The van der Waals surface area contributed by atoms with Crippen molar-refractivity contribution in [1.29, 1.82) is 0 Å². The van der Waals surface area contributed by atoms with Crippen molar-refractivity contribution in [2.45, 2.75) is 103 Å². The summed E-state index contributed by atoms with van der Waals surface area (Å²) in [5, 5.41) is 8.81. The summed E-state index contributed by atoms with van der Waals surface area (Å²) in [7, 11) is 0. The number of rotatable bonds is 12. The zero-order chi connectivity index (χ0) is 26.2. The minimum Gasteiger partial charge on any atom is -0.444 e. The predicted octanol–water partition coefficient (Wildman–Crippen LogP) is 6.33. The number of ether oxygens (including phenoxy) is 1. The molecule has 0 aliphatic carbocycles. The fourth-order valence-electron chi connectivity index (χ4n) is 4.43. The van der Waals surface area contributed by atoms with Gasteiger partial charge in [0.1, 0.15) is 5.60 Å². The number of unbranched alkanes of at least 4 members (excludes halogenated alkanes) is 3. The Labute approximate surface area is 218 Å². The van der Waals surface area contributed by atoms with Gasteiger partial charge in [0.2, 0.25) is 0 Å². The fraction of sp³-hybridized carbons (Fsp3) is 0.667. The van der Waals surface area contributed by atoms with Gasteiger partial charge in [-0.05, 0) is 91.1 Å². The van der Waals surface area contributed by atoms with E-state index in [2.05, 4.69) is 35.3 Å². The van der Waals surface area contributed by atoms with Crippen LogP contribution >= 0.6 is 0 Å². The summed E-state index contributed by atoms with van der Waals surface area (Å²) in [5.41, 5.74) is 0.753. The number of aliphatic hydroxyl groups excluding tert-OH is 1. The highest BCUT2D eigenvalue weighted by molar-refractivity contribution is 5.89. The number of ketones is 1. The van der Waals surface area contributed by atoms with Crippen molar-refractivity contribution >= 4 is 11.9 Å². The Kier molecular flexibility index (Phi) is 13.6. The molecule has 1 amide bonds. The molecule has 6 heteroatoms. The molecule has 36 heavy (non-hydrogen) atoms. The van der Waals surface area contributed by atoms with Crippen molar-refractivity contribution in [2.75, 3.05) is 26.2 Å². The van der Waals surface area contributed by atoms with E-state index in [4.69, 9.17) is 9.84 Å². The van der Waals surface area contributed by atoms with E-state index >= 15 is 0 Å². The van der Waals surface area contributed by atoms with Crippen molar-refractivity contribution in [3.8, 4) is 0 Å². The molecule has 0 aromatic carbocycles. The molecule has 0 fully saturated rings. The standard InChI is InChI=1S/C30H48N2O4/c1-30(2,3)36-29(35)32-21-15-16-26(25-32)24-27-17-11-8-9-13-20-31(27)22-19-28(34)18-12-7-5-4-6-10-14-23-33/h4-5,11,16-17,19,22,27,33H,6-10,12-15,18,20-21,23-25H2,1-3H3/b5-4-,17-11-,22-19-/t27-/m0/s1. The molecular formula is C30H48N2O4. The first-order valence-corrected chi connectivity index (χ1v) is 13.8. The van der Waals surface area contributed by atoms with Crippen molar-refractivity contribution in [1.82, 2.24) is 9.80 Å². The van der Waals surface area contributed by atoms with Gasteiger partial charge in [-0.1, -0.05) is 36.0 Å². The van der Waals surface area contributed by atoms with Gasteiger partial charge < -0.3 is 19.6 Å². The molecule has 202 valence electrons. The van der Waals surface area contributed by atoms with Gasteiger partial charge >= 0.3 is 6.09 Å². The number of amides is 1. The molecule has 0 radical (unpaired) electrons. The first kappa shape index (κ1) is 29.9. The lowest BCUT2D eigenvalue weighted by molar-refractivity contribution is -0.114. The molecule has 2 heterocycles. The Hall–Kier alpha value is -2.34. The van der Waals surface area contributed by atoms with E-state index < -0.39 is 5.60 Å². The summed E-state index contributed by atoms with van der Waals surface area (Å²) in [6, 6.07) is 0.182. The summed E-state index contributed by atoms with van der Waals surface area (Å²) in [6.45, 7) is 8.16. The van der Waals surface area contributed by atoms with Crippen LogP contribution in [0, 0.1) is 0 Å². The van der Waals surface area contributed by atoms with E-state index in [1.807, 2.05) is 27.0 Å². The lowest BCUT2D eigenvalue weighted by Crippen LogP contribution is -2.41. The van der Waals surface area contributed by atoms with Crippen LogP contribution in [0.3, 0.4) is 0 Å². The van der Waals surface area contributed by atoms with Crippen LogP contribution in [0.25, 0.3) is 0 Å². The van der Waals surface area contributed by atoms with E-state index in [-0.39, 0.29) is 24.5 Å². The van der Waals surface area contributed by atoms with Crippen LogP contribution in [0.5, 0.6) is 0 Å². The molecule has 0 aromatic rings. The lowest BCUT2D eigenvalue weighted by Gasteiger charge is -2.34. The molecule has 1 atom stereocenters. The highest BCUT2D eigenvalue weighted by Gasteiger charge is 2.26. The third-order valence-corrected chi connectivity index (χ3v) is 6.36. The highest BCUT2D eigenvalue weighted by Crippen LogP contribution is 2.23. The first-order chi connectivity index (χ1) is 17.3. The maximum Gasteiger partial charge on any atom is 0.410 e. The highest BCUT2D eigenvalue weighted by atomic mass is 16.6. The van der Waals surface area contributed by atoms with Crippen LogP contribution in [-0.2, 0) is 9.53 Å². The van der Waals surface area contributed by atoms with Gasteiger partial charge in [0.25, 0.3) is 0 Å². The second kappa shape index (κ2) is 16.4. The number of hydrogen-bond acceptors (Lipinski definition) is 5. The van der Waals surface area contributed by atoms with Gasteiger partial charge in [0, 0.05) is 38.9 Å². The second-order valence-corrected chi connectivity index (χ2v) is 10.9. The van der Waals surface area contributed by atoms with Gasteiger partial charge in [0.05, 0.1) is 6.04 Å². The number of allylic oxidation sites excluding steroid dienone is 4. The molecule has 0 unspecified atom stereocenters. The zero-order valence-electron chi connectivity index (χ0n) is 22.8. The van der Waals surface area contributed by atoms with Crippen LogP contribution in [0.1, 0.15) is 91.4 Å². The van der Waals surface area contributed by atoms with Crippen LogP contribution in [-0.4, -0.2) is 64.7 Å². The van der Waals surface area contributed by atoms with Crippen molar-refractivity contribution < 1.29 is 19.4 Å². The average molecular weight is 501 g/mol. The average Bonchev–Trinajstić information content (AvgIpc) is 2.81. The largest absolute Gasteiger partial charge is 0.444 e. The molecule has 2 aliphatic rings. The Morgan fingerprint density at radius 2 is 1.86 bits per heavy atom. The molecule has 2 aliphatic heterocycles. The smallest absolute Gasteiger partial charge is 0.410 e. The molecule has 2 rings (SSSR count). The molecule has 1 N–H and O–H groups in total. The predicted molar refractivity (Wildman–Crippen MR) is 147 cm³/mol. The topological polar surface area (TPSA) is 70.1 Å². The van der Waals surface area contributed by atoms with E-state index in [1.54, 1.807) is 11.0 Å². The third kappa shape index (κ3) is 12.6. The first-order valence-electron chi connectivity index (χ1n) is 13.8. The number of aliphatic hydroxyl groups is 1. The van der Waals surface area contributed by atoms with Crippen molar-refractivity contribution in [3.05, 3.63) is 48.2 Å². The summed E-state index contributed by atoms with van der Waals surface area (Å²) in [6.07, 6.45) is 24.8. The van der Waals surface area contributed by atoms with Crippen LogP contribution in [0.15, 0.2) is 48.2 Å². The number of nitrogens with zero attached hydrogens (tertiary/aromatic N) is 2. The summed E-state index contributed by atoms with van der Waals surface area (Å²) in [5.74, 6) is 0.168. The maximum atomic E-state index is 12.6. The van der Waals surface area contributed by atoms with Gasteiger partial charge in [-0.3, -0.25) is 4.79 Å². The summed E-state index contributed by atoms with van der Waals surface area (Å²) in [4.78, 5) is 29.2. The maximum absolute atomic E-state index is 12.6. The van der Waals surface area contributed by atoms with E-state index in [1.165, 1.54) is 5.57 Å². The molecule has 0 spiro atoms. The Bertz CT molecular complexity index is 791. The number of carbonyl (C=O) groups excluding carboxylic acids is 2. The lowest BCUT2D eigenvalue weighted by atomic mass is 9.98. The van der Waals surface area contributed by atoms with Gasteiger partial charge in [-0.2, -0.15) is 0 Å². The van der Waals surface area contributed by atoms with Crippen LogP contribution in [0.2, 0.25) is 0 Å². The van der Waals surface area contributed by atoms with Gasteiger partial charge in [-0.15, -0.1) is 0 Å². The third-order valence-electron chi connectivity index (χ3n) is 6.36. The van der Waals surface area contributed by atoms with Crippen LogP contribution in [0.4, 0.5) is 4.79 Å². The molecule has 0 saturated carbocycles. The van der Waals surface area contributed by atoms with Gasteiger partial charge in [0.15, 0.2) is 5.78 Å². The summed E-state index contributed by atoms with van der Waals surface area (Å²) >= 11 is 0. The van der Waals surface area contributed by atoms with Crippen LogP contribution < -0.4 is 0 Å². The van der Waals surface area contributed by atoms with E-state index in [9.17, 15) is 9.59 Å². The molecule has 6 nitrogen and oxygen atoms in total. The second-order valence-electron chi connectivity index (χ2n) is 10.9. The molecule has 0 bridgehead atoms.